The topological polar surface area (TPSA) is 34.9 Å². The normalized spacial score (nSPS) is 10.6. The standard InChI is InChI=1S/C10H10N2O/c1-7-6-12(2)10(13)9-5-11-4-3-8(7)9/h3-6H,1-2H3. The van der Waals surface area contributed by atoms with E-state index in [-0.39, 0.29) is 5.56 Å². The summed E-state index contributed by atoms with van der Waals surface area (Å²) in [5, 5.41) is 1.67. The van der Waals surface area contributed by atoms with Crippen molar-refractivity contribution < 1.29 is 0 Å². The average molecular weight is 174 g/mol. The molecule has 0 saturated heterocycles. The average Bonchev–Trinajstić information content (AvgIpc) is 2.15. The van der Waals surface area contributed by atoms with Crippen LogP contribution >= 0.6 is 0 Å². The van der Waals surface area contributed by atoms with Crippen molar-refractivity contribution in [3.8, 4) is 0 Å². The smallest absolute Gasteiger partial charge is 0.259 e. The van der Waals surface area contributed by atoms with Gasteiger partial charge in [0.1, 0.15) is 0 Å². The van der Waals surface area contributed by atoms with Crippen molar-refractivity contribution in [2.24, 2.45) is 7.05 Å². The maximum atomic E-state index is 11.6. The third-order valence-electron chi connectivity index (χ3n) is 2.18. The van der Waals surface area contributed by atoms with Crippen LogP contribution in [0.1, 0.15) is 5.56 Å². The van der Waals surface area contributed by atoms with Gasteiger partial charge in [0.25, 0.3) is 5.56 Å². The molecule has 2 rings (SSSR count). The molecule has 0 unspecified atom stereocenters. The lowest BCUT2D eigenvalue weighted by Crippen LogP contribution is -2.16. The number of hydrogen-bond donors (Lipinski definition) is 0. The second-order valence-electron chi connectivity index (χ2n) is 3.15. The first-order valence-electron chi connectivity index (χ1n) is 4.10. The number of aryl methyl sites for hydroxylation is 2. The molecular weight excluding hydrogens is 164 g/mol. The van der Waals surface area contributed by atoms with E-state index in [1.807, 2.05) is 19.2 Å². The first kappa shape index (κ1) is 7.98. The predicted molar refractivity (Wildman–Crippen MR) is 51.7 cm³/mol. The van der Waals surface area contributed by atoms with Crippen LogP contribution in [0.25, 0.3) is 10.8 Å². The van der Waals surface area contributed by atoms with E-state index in [0.29, 0.717) is 5.39 Å². The molecule has 2 aromatic heterocycles. The summed E-state index contributed by atoms with van der Waals surface area (Å²) in [7, 11) is 1.75. The van der Waals surface area contributed by atoms with Gasteiger partial charge in [0.15, 0.2) is 0 Å². The van der Waals surface area contributed by atoms with Gasteiger partial charge in [-0.15, -0.1) is 0 Å². The summed E-state index contributed by atoms with van der Waals surface area (Å²) in [6, 6.07) is 1.87. The van der Waals surface area contributed by atoms with E-state index in [9.17, 15) is 4.79 Å². The van der Waals surface area contributed by atoms with E-state index < -0.39 is 0 Å². The highest BCUT2D eigenvalue weighted by molar-refractivity contribution is 5.83. The van der Waals surface area contributed by atoms with Crippen molar-refractivity contribution >= 4 is 10.8 Å². The molecule has 0 radical (unpaired) electrons. The van der Waals surface area contributed by atoms with Crippen LogP contribution in [-0.4, -0.2) is 9.55 Å². The Labute approximate surface area is 75.7 Å². The highest BCUT2D eigenvalue weighted by atomic mass is 16.1. The van der Waals surface area contributed by atoms with Gasteiger partial charge >= 0.3 is 0 Å². The van der Waals surface area contributed by atoms with Crippen LogP contribution in [0, 0.1) is 6.92 Å². The van der Waals surface area contributed by atoms with Crippen LogP contribution in [0.4, 0.5) is 0 Å². The van der Waals surface area contributed by atoms with E-state index in [0.717, 1.165) is 10.9 Å². The van der Waals surface area contributed by atoms with Gasteiger partial charge in [0.05, 0.1) is 5.39 Å². The largest absolute Gasteiger partial charge is 0.318 e. The fourth-order valence-corrected chi connectivity index (χ4v) is 1.52. The lowest BCUT2D eigenvalue weighted by Gasteiger charge is -2.03. The van der Waals surface area contributed by atoms with Gasteiger partial charge in [-0.2, -0.15) is 0 Å². The molecule has 13 heavy (non-hydrogen) atoms. The van der Waals surface area contributed by atoms with Gasteiger partial charge < -0.3 is 4.57 Å². The number of rotatable bonds is 0. The lowest BCUT2D eigenvalue weighted by molar-refractivity contribution is 0.865. The zero-order chi connectivity index (χ0) is 9.42. The maximum Gasteiger partial charge on any atom is 0.259 e. The van der Waals surface area contributed by atoms with Crippen LogP contribution in [0.2, 0.25) is 0 Å². The van der Waals surface area contributed by atoms with Gasteiger partial charge in [0.2, 0.25) is 0 Å². The Kier molecular flexibility index (Phi) is 1.65. The first-order valence-corrected chi connectivity index (χ1v) is 4.10. The van der Waals surface area contributed by atoms with Crippen LogP contribution in [0.5, 0.6) is 0 Å². The minimum Gasteiger partial charge on any atom is -0.318 e. The summed E-state index contributed by atoms with van der Waals surface area (Å²) in [6.07, 6.45) is 5.16. The van der Waals surface area contributed by atoms with Crippen LogP contribution in [0.15, 0.2) is 29.5 Å². The molecular formula is C10H10N2O. The van der Waals surface area contributed by atoms with Gasteiger partial charge in [0, 0.05) is 25.6 Å². The molecule has 0 aromatic carbocycles. The molecule has 0 amide bonds. The molecule has 66 valence electrons. The number of fused-ring (bicyclic) bond motifs is 1. The number of pyridine rings is 2. The van der Waals surface area contributed by atoms with Crippen molar-refractivity contribution in [2.45, 2.75) is 6.92 Å². The Morgan fingerprint density at radius 1 is 1.38 bits per heavy atom. The predicted octanol–water partition coefficient (Wildman–Crippen LogP) is 1.24. The first-order chi connectivity index (χ1) is 6.20. The summed E-state index contributed by atoms with van der Waals surface area (Å²) in [5.74, 6) is 0. The third kappa shape index (κ3) is 1.13. The second-order valence-corrected chi connectivity index (χ2v) is 3.15. The van der Waals surface area contributed by atoms with E-state index in [1.54, 1.807) is 24.0 Å². The molecule has 2 heterocycles. The van der Waals surface area contributed by atoms with Crippen molar-refractivity contribution in [3.63, 3.8) is 0 Å². The maximum absolute atomic E-state index is 11.6. The van der Waals surface area contributed by atoms with Crippen LogP contribution in [-0.2, 0) is 7.05 Å². The van der Waals surface area contributed by atoms with Crippen molar-refractivity contribution in [3.05, 3.63) is 40.6 Å². The molecule has 0 aliphatic rings. The molecule has 0 aliphatic carbocycles. The van der Waals surface area contributed by atoms with Crippen molar-refractivity contribution in [1.29, 1.82) is 0 Å². The minimum atomic E-state index is 0.00806. The van der Waals surface area contributed by atoms with Gasteiger partial charge in [-0.25, -0.2) is 0 Å². The highest BCUT2D eigenvalue weighted by Gasteiger charge is 2.02. The monoisotopic (exact) mass is 174 g/mol. The zero-order valence-corrected chi connectivity index (χ0v) is 7.61. The summed E-state index contributed by atoms with van der Waals surface area (Å²) >= 11 is 0. The molecule has 0 saturated carbocycles. The molecule has 0 aliphatic heterocycles. The molecule has 0 N–H and O–H groups in total. The Bertz CT molecular complexity index is 514. The molecule has 0 spiro atoms. The Morgan fingerprint density at radius 2 is 2.15 bits per heavy atom. The summed E-state index contributed by atoms with van der Waals surface area (Å²) in [5.41, 5.74) is 1.10. The molecule has 0 bridgehead atoms. The number of hydrogen-bond acceptors (Lipinski definition) is 2. The Hall–Kier alpha value is -1.64. The fraction of sp³-hybridized carbons (Fsp3) is 0.200. The van der Waals surface area contributed by atoms with Gasteiger partial charge in [-0.3, -0.25) is 9.78 Å². The van der Waals surface area contributed by atoms with Crippen LogP contribution < -0.4 is 5.56 Å². The summed E-state index contributed by atoms with van der Waals surface area (Å²) in [6.45, 7) is 1.99. The fourth-order valence-electron chi connectivity index (χ4n) is 1.52. The van der Waals surface area contributed by atoms with E-state index in [2.05, 4.69) is 4.98 Å². The van der Waals surface area contributed by atoms with E-state index in [1.165, 1.54) is 0 Å². The van der Waals surface area contributed by atoms with Gasteiger partial charge in [-0.05, 0) is 23.9 Å². The third-order valence-corrected chi connectivity index (χ3v) is 2.18. The van der Waals surface area contributed by atoms with E-state index in [4.69, 9.17) is 0 Å². The number of aromatic nitrogens is 2. The van der Waals surface area contributed by atoms with E-state index >= 15 is 0 Å². The zero-order valence-electron chi connectivity index (χ0n) is 7.61. The SMILES string of the molecule is Cc1cn(C)c(=O)c2cnccc12. The van der Waals surface area contributed by atoms with Gasteiger partial charge in [-0.1, -0.05) is 0 Å². The minimum absolute atomic E-state index is 0.00806. The number of nitrogens with zero attached hydrogens (tertiary/aromatic N) is 2. The summed E-state index contributed by atoms with van der Waals surface area (Å²) in [4.78, 5) is 15.5. The van der Waals surface area contributed by atoms with Crippen molar-refractivity contribution in [1.82, 2.24) is 9.55 Å². The molecule has 0 atom stereocenters. The lowest BCUT2D eigenvalue weighted by atomic mass is 10.1. The van der Waals surface area contributed by atoms with Crippen LogP contribution in [0.3, 0.4) is 0 Å². The Balaban J connectivity index is 3.06. The Morgan fingerprint density at radius 3 is 2.92 bits per heavy atom. The molecule has 0 fully saturated rings. The molecule has 3 heteroatoms. The second kappa shape index (κ2) is 2.69. The quantitative estimate of drug-likeness (QED) is 0.602. The highest BCUT2D eigenvalue weighted by Crippen LogP contribution is 2.11. The molecule has 2 aromatic rings. The molecule has 3 nitrogen and oxygen atoms in total. The van der Waals surface area contributed by atoms with Crippen molar-refractivity contribution in [2.75, 3.05) is 0 Å². The summed E-state index contributed by atoms with van der Waals surface area (Å²) < 4.78 is 1.58.